The van der Waals surface area contributed by atoms with Crippen molar-refractivity contribution in [2.24, 2.45) is 0 Å². The average Bonchev–Trinajstić information content (AvgIpc) is 3.07. The Hall–Kier alpha value is -3.00. The highest BCUT2D eigenvalue weighted by Crippen LogP contribution is 2.54. The number of phosphoric ester groups is 1. The third kappa shape index (κ3) is 6.01. The molecule has 0 radical (unpaired) electrons. The molecule has 10 heteroatoms. The van der Waals surface area contributed by atoms with Gasteiger partial charge in [0, 0.05) is 53.9 Å². The molecule has 1 aliphatic rings. The summed E-state index contributed by atoms with van der Waals surface area (Å²) in [5, 5.41) is 3.37. The minimum Gasteiger partial charge on any atom is -0.322 e. The van der Waals surface area contributed by atoms with Gasteiger partial charge in [-0.15, -0.1) is 0 Å². The van der Waals surface area contributed by atoms with Crippen molar-refractivity contribution in [3.05, 3.63) is 93.5 Å². The number of rotatable bonds is 7. The van der Waals surface area contributed by atoms with Crippen molar-refractivity contribution in [1.82, 2.24) is 0 Å². The normalized spacial score (nSPS) is 15.5. The van der Waals surface area contributed by atoms with Crippen LogP contribution >= 0.6 is 19.4 Å². The topological polar surface area (TPSA) is 94.2 Å². The van der Waals surface area contributed by atoms with Crippen LogP contribution in [0.2, 0.25) is 5.02 Å². The minimum absolute atomic E-state index is 0.204. The van der Waals surface area contributed by atoms with Crippen molar-refractivity contribution >= 4 is 42.6 Å². The van der Waals surface area contributed by atoms with Crippen molar-refractivity contribution in [1.29, 1.82) is 0 Å². The molecule has 0 spiro atoms. The van der Waals surface area contributed by atoms with Crippen LogP contribution in [0.1, 0.15) is 56.4 Å². The van der Waals surface area contributed by atoms with Crippen LogP contribution in [0.5, 0.6) is 0 Å². The smallest absolute Gasteiger partial charge is 0.322 e. The van der Waals surface area contributed by atoms with Crippen LogP contribution in [0.4, 0.5) is 11.4 Å². The van der Waals surface area contributed by atoms with Crippen molar-refractivity contribution < 1.29 is 27.7 Å². The summed E-state index contributed by atoms with van der Waals surface area (Å²) in [5.74, 6) is -0.416. The summed E-state index contributed by atoms with van der Waals surface area (Å²) in [6.07, 6.45) is 0.420. The number of anilines is 2. The van der Waals surface area contributed by atoms with Gasteiger partial charge >= 0.3 is 7.82 Å². The van der Waals surface area contributed by atoms with Crippen molar-refractivity contribution in [3.8, 4) is 0 Å². The zero-order chi connectivity index (χ0) is 27.4. The van der Waals surface area contributed by atoms with E-state index in [-0.39, 0.29) is 11.8 Å². The second-order valence-electron chi connectivity index (χ2n) is 9.01. The van der Waals surface area contributed by atoms with E-state index in [1.165, 1.54) is 14.2 Å². The second kappa shape index (κ2) is 11.8. The van der Waals surface area contributed by atoms with E-state index in [0.29, 0.717) is 58.0 Å². The van der Waals surface area contributed by atoms with Gasteiger partial charge in [0.05, 0.1) is 6.10 Å². The molecular formula is C28H30ClN2O6P. The van der Waals surface area contributed by atoms with Crippen LogP contribution in [0.25, 0.3) is 0 Å². The molecular weight excluding hydrogens is 527 g/mol. The number of nitrogens with one attached hydrogen (secondary N) is 1. The fraction of sp³-hybridized carbons (Fsp3) is 0.286. The molecule has 3 aromatic carbocycles. The summed E-state index contributed by atoms with van der Waals surface area (Å²) in [5.41, 5.74) is 4.51. The number of halogens is 1. The van der Waals surface area contributed by atoms with Gasteiger partial charge in [0.1, 0.15) is 0 Å². The molecule has 1 aliphatic heterocycles. The molecule has 0 aliphatic carbocycles. The predicted octanol–water partition coefficient (Wildman–Crippen LogP) is 7.11. The molecule has 38 heavy (non-hydrogen) atoms. The summed E-state index contributed by atoms with van der Waals surface area (Å²) in [6.45, 7) is 4.13. The van der Waals surface area contributed by atoms with Crippen LogP contribution in [-0.2, 0) is 18.1 Å². The Balaban J connectivity index is 1.61. The molecule has 200 valence electrons. The number of aryl methyl sites for hydroxylation is 2. The van der Waals surface area contributed by atoms with Gasteiger partial charge in [-0.1, -0.05) is 29.8 Å². The first-order valence-corrected chi connectivity index (χ1v) is 14.0. The van der Waals surface area contributed by atoms with E-state index >= 15 is 0 Å². The molecule has 1 unspecified atom stereocenters. The molecule has 8 nitrogen and oxygen atoms in total. The number of nitrogens with zero attached hydrogens (tertiary/aromatic N) is 1. The van der Waals surface area contributed by atoms with Crippen LogP contribution in [0.15, 0.2) is 60.7 Å². The number of fused-ring (bicyclic) bond motifs is 1. The maximum atomic E-state index is 13.8. The largest absolute Gasteiger partial charge is 0.474 e. The number of carbonyl (C=O) groups excluding carboxylic acids is 2. The molecule has 0 aromatic heterocycles. The van der Waals surface area contributed by atoms with Crippen molar-refractivity contribution in [2.75, 3.05) is 31.0 Å². The van der Waals surface area contributed by atoms with E-state index in [0.717, 1.165) is 5.56 Å². The van der Waals surface area contributed by atoms with Gasteiger partial charge in [0.2, 0.25) is 0 Å². The third-order valence-corrected chi connectivity index (χ3v) is 8.17. The molecule has 0 fully saturated rings. The number of hydrogen-bond acceptors (Lipinski definition) is 6. The van der Waals surface area contributed by atoms with Gasteiger partial charge < -0.3 is 10.2 Å². The van der Waals surface area contributed by atoms with Gasteiger partial charge in [-0.3, -0.25) is 23.2 Å². The van der Waals surface area contributed by atoms with E-state index in [9.17, 15) is 14.2 Å². The summed E-state index contributed by atoms with van der Waals surface area (Å²) in [6, 6.07) is 17.7. The molecule has 0 saturated carbocycles. The molecule has 1 N–H and O–H groups in total. The van der Waals surface area contributed by atoms with Crippen molar-refractivity contribution in [2.45, 2.75) is 32.8 Å². The number of amides is 2. The second-order valence-corrected chi connectivity index (χ2v) is 11.3. The predicted molar refractivity (Wildman–Crippen MR) is 148 cm³/mol. The van der Waals surface area contributed by atoms with E-state index in [1.54, 1.807) is 47.4 Å². The Morgan fingerprint density at radius 2 is 1.71 bits per heavy atom. The van der Waals surface area contributed by atoms with Gasteiger partial charge in [-0.05, 0) is 80.3 Å². The SMILES string of the molecule is COP(=O)(OC)OC1CCCN(C(=O)c2ccc(NC(=O)c3ccccc3C)cc2C)c2ccc(Cl)cc21. The highest BCUT2D eigenvalue weighted by atomic mass is 35.5. The Morgan fingerprint density at radius 1 is 0.974 bits per heavy atom. The highest BCUT2D eigenvalue weighted by molar-refractivity contribution is 7.48. The van der Waals surface area contributed by atoms with E-state index < -0.39 is 13.9 Å². The number of carbonyl (C=O) groups is 2. The maximum absolute atomic E-state index is 13.8. The quantitative estimate of drug-likeness (QED) is 0.312. The van der Waals surface area contributed by atoms with E-state index in [2.05, 4.69) is 5.32 Å². The molecule has 0 bridgehead atoms. The summed E-state index contributed by atoms with van der Waals surface area (Å²) in [7, 11) is -1.26. The van der Waals surface area contributed by atoms with Crippen LogP contribution in [0, 0.1) is 13.8 Å². The lowest BCUT2D eigenvalue weighted by Gasteiger charge is -2.26. The molecule has 2 amide bonds. The number of phosphoric acid groups is 1. The summed E-state index contributed by atoms with van der Waals surface area (Å²) >= 11 is 6.29. The number of hydrogen-bond donors (Lipinski definition) is 1. The third-order valence-electron chi connectivity index (χ3n) is 6.53. The van der Waals surface area contributed by atoms with Gasteiger partial charge in [-0.2, -0.15) is 0 Å². The molecule has 1 heterocycles. The zero-order valence-electron chi connectivity index (χ0n) is 21.7. The first kappa shape index (κ1) is 28.0. The van der Waals surface area contributed by atoms with Gasteiger partial charge in [0.15, 0.2) is 0 Å². The Morgan fingerprint density at radius 3 is 2.39 bits per heavy atom. The molecule has 4 rings (SSSR count). The lowest BCUT2D eigenvalue weighted by atomic mass is 10.0. The Bertz CT molecular complexity index is 1400. The first-order chi connectivity index (χ1) is 18.2. The van der Waals surface area contributed by atoms with E-state index in [1.807, 2.05) is 32.0 Å². The Labute approximate surface area is 227 Å². The van der Waals surface area contributed by atoms with Crippen LogP contribution < -0.4 is 10.2 Å². The van der Waals surface area contributed by atoms with Crippen molar-refractivity contribution in [3.63, 3.8) is 0 Å². The van der Waals surface area contributed by atoms with Crippen LogP contribution in [0.3, 0.4) is 0 Å². The molecule has 3 aromatic rings. The first-order valence-electron chi connectivity index (χ1n) is 12.1. The standard InChI is InChI=1S/C28H30ClN2O6P/c1-18-8-5-6-9-22(18)27(32)30-21-12-13-23(19(2)16-21)28(33)31-15-7-10-26(37-38(34,35-3)36-4)24-17-20(29)11-14-25(24)31/h5-6,8-9,11-14,16-17,26H,7,10,15H2,1-4H3,(H,30,32). The number of benzene rings is 3. The summed E-state index contributed by atoms with van der Waals surface area (Å²) in [4.78, 5) is 28.2. The lowest BCUT2D eigenvalue weighted by molar-refractivity contribution is 0.0976. The fourth-order valence-electron chi connectivity index (χ4n) is 4.53. The minimum atomic E-state index is -3.77. The highest BCUT2D eigenvalue weighted by Gasteiger charge is 2.34. The van der Waals surface area contributed by atoms with E-state index in [4.69, 9.17) is 25.2 Å². The zero-order valence-corrected chi connectivity index (χ0v) is 23.3. The summed E-state index contributed by atoms with van der Waals surface area (Å²) < 4.78 is 28.4. The van der Waals surface area contributed by atoms with Crippen LogP contribution in [-0.4, -0.2) is 32.6 Å². The molecule has 0 saturated heterocycles. The lowest BCUT2D eigenvalue weighted by Crippen LogP contribution is -2.32. The van der Waals surface area contributed by atoms with Gasteiger partial charge in [-0.25, -0.2) is 4.57 Å². The monoisotopic (exact) mass is 556 g/mol. The maximum Gasteiger partial charge on any atom is 0.474 e. The average molecular weight is 557 g/mol. The van der Waals surface area contributed by atoms with Gasteiger partial charge in [0.25, 0.3) is 11.8 Å². The Kier molecular flexibility index (Phi) is 8.71. The fourth-order valence-corrected chi connectivity index (χ4v) is 5.56. The molecule has 1 atom stereocenters.